The van der Waals surface area contributed by atoms with Gasteiger partial charge in [-0.3, -0.25) is 4.79 Å². The minimum atomic E-state index is 0.0516. The van der Waals surface area contributed by atoms with E-state index in [2.05, 4.69) is 0 Å². The van der Waals surface area contributed by atoms with Crippen molar-refractivity contribution in [3.05, 3.63) is 23.2 Å². The molecule has 1 aliphatic rings. The molecule has 0 aromatic carbocycles. The van der Waals surface area contributed by atoms with E-state index in [-0.39, 0.29) is 12.5 Å². The molecule has 0 saturated carbocycles. The quantitative estimate of drug-likeness (QED) is 0.852. The van der Waals surface area contributed by atoms with Crippen molar-refractivity contribution < 1.29 is 14.3 Å². The Morgan fingerprint density at radius 1 is 1.47 bits per heavy atom. The fraction of sp³-hybridized carbons (Fsp3) is 0.615. The SMILES string of the molecule is Cc1cc(C(=O)N2CCC(CO)CC2)c(C)o1. The number of aliphatic hydroxyl groups is 1. The largest absolute Gasteiger partial charge is 0.466 e. The lowest BCUT2D eigenvalue weighted by atomic mass is 9.97. The van der Waals surface area contributed by atoms with Gasteiger partial charge in [0, 0.05) is 19.7 Å². The lowest BCUT2D eigenvalue weighted by Crippen LogP contribution is -2.39. The summed E-state index contributed by atoms with van der Waals surface area (Å²) < 4.78 is 5.38. The summed E-state index contributed by atoms with van der Waals surface area (Å²) in [5.41, 5.74) is 0.671. The van der Waals surface area contributed by atoms with E-state index >= 15 is 0 Å². The summed E-state index contributed by atoms with van der Waals surface area (Å²) in [6, 6.07) is 1.80. The maximum absolute atomic E-state index is 12.2. The Kier molecular flexibility index (Phi) is 3.52. The van der Waals surface area contributed by atoms with Gasteiger partial charge in [0.15, 0.2) is 0 Å². The zero-order valence-electron chi connectivity index (χ0n) is 10.4. The van der Waals surface area contributed by atoms with Gasteiger partial charge >= 0.3 is 0 Å². The van der Waals surface area contributed by atoms with Crippen LogP contribution in [0.5, 0.6) is 0 Å². The number of rotatable bonds is 2. The van der Waals surface area contributed by atoms with Crippen LogP contribution >= 0.6 is 0 Å². The van der Waals surface area contributed by atoms with Crippen LogP contribution in [0.4, 0.5) is 0 Å². The molecule has 0 aliphatic carbocycles. The molecule has 4 nitrogen and oxygen atoms in total. The first-order chi connectivity index (χ1) is 8.11. The Bertz CT molecular complexity index is 403. The normalized spacial score (nSPS) is 17.5. The maximum atomic E-state index is 12.2. The molecule has 0 spiro atoms. The van der Waals surface area contributed by atoms with Gasteiger partial charge in [-0.2, -0.15) is 0 Å². The molecule has 1 aromatic rings. The Morgan fingerprint density at radius 2 is 2.12 bits per heavy atom. The second-order valence-corrected chi connectivity index (χ2v) is 4.75. The van der Waals surface area contributed by atoms with E-state index in [9.17, 15) is 4.79 Å². The number of carbonyl (C=O) groups excluding carboxylic acids is 1. The van der Waals surface area contributed by atoms with Crippen LogP contribution in [0.2, 0.25) is 0 Å². The monoisotopic (exact) mass is 237 g/mol. The maximum Gasteiger partial charge on any atom is 0.257 e. The molecule has 0 atom stereocenters. The van der Waals surface area contributed by atoms with Crippen LogP contribution < -0.4 is 0 Å². The summed E-state index contributed by atoms with van der Waals surface area (Å²) >= 11 is 0. The van der Waals surface area contributed by atoms with E-state index in [1.54, 1.807) is 6.07 Å². The lowest BCUT2D eigenvalue weighted by molar-refractivity contribution is 0.0649. The minimum Gasteiger partial charge on any atom is -0.466 e. The molecule has 94 valence electrons. The number of piperidine rings is 1. The number of aliphatic hydroxyl groups excluding tert-OH is 1. The van der Waals surface area contributed by atoms with E-state index in [0.717, 1.165) is 31.7 Å². The first-order valence-corrected chi connectivity index (χ1v) is 6.09. The van der Waals surface area contributed by atoms with E-state index in [1.807, 2.05) is 18.7 Å². The Hall–Kier alpha value is -1.29. The number of furan rings is 1. The van der Waals surface area contributed by atoms with Crippen LogP contribution in [0.1, 0.15) is 34.7 Å². The molecule has 0 bridgehead atoms. The third kappa shape index (κ3) is 2.52. The third-order valence-corrected chi connectivity index (χ3v) is 3.43. The standard InChI is InChI=1S/C13H19NO3/c1-9-7-12(10(2)17-9)13(16)14-5-3-11(8-15)4-6-14/h7,11,15H,3-6,8H2,1-2H3. The molecule has 0 unspecified atom stereocenters. The number of likely N-dealkylation sites (tertiary alicyclic amines) is 1. The first kappa shape index (κ1) is 12.2. The molecule has 1 amide bonds. The molecular weight excluding hydrogens is 218 g/mol. The summed E-state index contributed by atoms with van der Waals surface area (Å²) in [6.07, 6.45) is 1.77. The van der Waals surface area contributed by atoms with Crippen molar-refractivity contribution >= 4 is 5.91 Å². The fourth-order valence-electron chi connectivity index (χ4n) is 2.33. The number of hydrogen-bond acceptors (Lipinski definition) is 3. The molecule has 17 heavy (non-hydrogen) atoms. The Morgan fingerprint density at radius 3 is 2.59 bits per heavy atom. The van der Waals surface area contributed by atoms with Gasteiger partial charge in [-0.1, -0.05) is 0 Å². The first-order valence-electron chi connectivity index (χ1n) is 6.09. The molecule has 0 radical (unpaired) electrons. The molecule has 1 fully saturated rings. The molecule has 2 rings (SSSR count). The molecule has 1 aromatic heterocycles. The Labute approximate surface area is 101 Å². The molecule has 1 aliphatic heterocycles. The fourth-order valence-corrected chi connectivity index (χ4v) is 2.33. The van der Waals surface area contributed by atoms with Crippen molar-refractivity contribution in [3.8, 4) is 0 Å². The molecule has 1 N–H and O–H groups in total. The second kappa shape index (κ2) is 4.92. The van der Waals surface area contributed by atoms with Crippen LogP contribution in [0.15, 0.2) is 10.5 Å². The number of hydrogen-bond donors (Lipinski definition) is 1. The van der Waals surface area contributed by atoms with Gasteiger partial charge < -0.3 is 14.4 Å². The van der Waals surface area contributed by atoms with Gasteiger partial charge in [-0.25, -0.2) is 0 Å². The summed E-state index contributed by atoms with van der Waals surface area (Å²) in [5.74, 6) is 1.87. The molecule has 4 heteroatoms. The van der Waals surface area contributed by atoms with Crippen LogP contribution in [0, 0.1) is 19.8 Å². The highest BCUT2D eigenvalue weighted by atomic mass is 16.3. The van der Waals surface area contributed by atoms with Gasteiger partial charge in [0.2, 0.25) is 0 Å². The van der Waals surface area contributed by atoms with Crippen LogP contribution in [0.3, 0.4) is 0 Å². The molecular formula is C13H19NO3. The minimum absolute atomic E-state index is 0.0516. The average molecular weight is 237 g/mol. The highest BCUT2D eigenvalue weighted by molar-refractivity contribution is 5.95. The summed E-state index contributed by atoms with van der Waals surface area (Å²) in [7, 11) is 0. The number of carbonyl (C=O) groups is 1. The Balaban J connectivity index is 2.04. The van der Waals surface area contributed by atoms with Crippen LogP contribution in [-0.4, -0.2) is 35.6 Å². The second-order valence-electron chi connectivity index (χ2n) is 4.75. The van der Waals surface area contributed by atoms with Crippen LogP contribution in [-0.2, 0) is 0 Å². The van der Waals surface area contributed by atoms with Gasteiger partial charge in [0.25, 0.3) is 5.91 Å². The van der Waals surface area contributed by atoms with Crippen molar-refractivity contribution in [3.63, 3.8) is 0 Å². The zero-order chi connectivity index (χ0) is 12.4. The van der Waals surface area contributed by atoms with Crippen molar-refractivity contribution in [2.24, 2.45) is 5.92 Å². The van der Waals surface area contributed by atoms with Crippen molar-refractivity contribution in [1.82, 2.24) is 4.90 Å². The lowest BCUT2D eigenvalue weighted by Gasteiger charge is -2.30. The van der Waals surface area contributed by atoms with Crippen molar-refractivity contribution in [1.29, 1.82) is 0 Å². The summed E-state index contributed by atoms with van der Waals surface area (Å²) in [6.45, 7) is 5.36. The van der Waals surface area contributed by atoms with Gasteiger partial charge in [0.1, 0.15) is 11.5 Å². The predicted octanol–water partition coefficient (Wildman–Crippen LogP) is 1.74. The number of amides is 1. The van der Waals surface area contributed by atoms with E-state index in [4.69, 9.17) is 9.52 Å². The highest BCUT2D eigenvalue weighted by Gasteiger charge is 2.25. The zero-order valence-corrected chi connectivity index (χ0v) is 10.4. The van der Waals surface area contributed by atoms with E-state index < -0.39 is 0 Å². The summed E-state index contributed by atoms with van der Waals surface area (Å²) in [5, 5.41) is 9.06. The van der Waals surface area contributed by atoms with Gasteiger partial charge in [-0.05, 0) is 38.7 Å². The number of aryl methyl sites for hydroxylation is 2. The number of nitrogens with zero attached hydrogens (tertiary/aromatic N) is 1. The summed E-state index contributed by atoms with van der Waals surface area (Å²) in [4.78, 5) is 14.1. The average Bonchev–Trinajstić information content (AvgIpc) is 2.68. The van der Waals surface area contributed by atoms with Crippen molar-refractivity contribution in [2.45, 2.75) is 26.7 Å². The predicted molar refractivity (Wildman–Crippen MR) is 63.9 cm³/mol. The van der Waals surface area contributed by atoms with E-state index in [0.29, 0.717) is 17.2 Å². The molecule has 1 saturated heterocycles. The highest BCUT2D eigenvalue weighted by Crippen LogP contribution is 2.21. The molecule has 2 heterocycles. The van der Waals surface area contributed by atoms with E-state index in [1.165, 1.54) is 0 Å². The topological polar surface area (TPSA) is 53.7 Å². The van der Waals surface area contributed by atoms with Gasteiger partial charge in [-0.15, -0.1) is 0 Å². The third-order valence-electron chi connectivity index (χ3n) is 3.43. The van der Waals surface area contributed by atoms with Crippen molar-refractivity contribution in [2.75, 3.05) is 19.7 Å². The van der Waals surface area contributed by atoms with Gasteiger partial charge in [0.05, 0.1) is 5.56 Å². The smallest absolute Gasteiger partial charge is 0.257 e. The van der Waals surface area contributed by atoms with Crippen LogP contribution in [0.25, 0.3) is 0 Å².